The van der Waals surface area contributed by atoms with Gasteiger partial charge in [0, 0.05) is 17.6 Å². The molecular formula is C26H31F3N4. The summed E-state index contributed by atoms with van der Waals surface area (Å²) in [5.74, 6) is -0.174. The number of nitrogens with zero attached hydrogens (tertiary/aromatic N) is 2. The van der Waals surface area contributed by atoms with E-state index in [0.29, 0.717) is 11.4 Å². The minimum atomic E-state index is -4.58. The van der Waals surface area contributed by atoms with Crippen molar-refractivity contribution in [1.29, 1.82) is 0 Å². The average Bonchev–Trinajstić information content (AvgIpc) is 2.74. The lowest BCUT2D eigenvalue weighted by Crippen LogP contribution is -2.13. The highest BCUT2D eigenvalue weighted by atomic mass is 19.4. The largest absolute Gasteiger partial charge is 0.421 e. The molecule has 2 aromatic carbocycles. The maximum atomic E-state index is 13.7. The van der Waals surface area contributed by atoms with Gasteiger partial charge in [0.2, 0.25) is 5.95 Å². The summed E-state index contributed by atoms with van der Waals surface area (Å²) < 4.78 is 41.0. The summed E-state index contributed by atoms with van der Waals surface area (Å²) >= 11 is 0. The van der Waals surface area contributed by atoms with Gasteiger partial charge in [0.1, 0.15) is 11.4 Å². The van der Waals surface area contributed by atoms with E-state index in [4.69, 9.17) is 0 Å². The number of aryl methyl sites for hydroxylation is 1. The highest BCUT2D eigenvalue weighted by Gasteiger charge is 2.35. The number of nitrogens with one attached hydrogen (secondary N) is 2. The molecule has 7 heteroatoms. The molecule has 2 N–H and O–H groups in total. The molecule has 0 spiro atoms. The fourth-order valence-electron chi connectivity index (χ4n) is 3.48. The molecule has 0 saturated carbocycles. The van der Waals surface area contributed by atoms with E-state index in [0.717, 1.165) is 43.0 Å². The fraction of sp³-hybridized carbons (Fsp3) is 0.385. The molecule has 3 aromatic rings. The zero-order valence-corrected chi connectivity index (χ0v) is 19.6. The molecule has 3 rings (SSSR count). The van der Waals surface area contributed by atoms with Crippen molar-refractivity contribution in [1.82, 2.24) is 9.97 Å². The minimum Gasteiger partial charge on any atom is -0.339 e. The Morgan fingerprint density at radius 2 is 1.58 bits per heavy atom. The highest BCUT2D eigenvalue weighted by molar-refractivity contribution is 5.65. The van der Waals surface area contributed by atoms with Crippen LogP contribution in [0.3, 0.4) is 0 Å². The summed E-state index contributed by atoms with van der Waals surface area (Å²) in [4.78, 5) is 8.10. The first-order valence-corrected chi connectivity index (χ1v) is 11.2. The van der Waals surface area contributed by atoms with Crippen LogP contribution in [0.5, 0.6) is 0 Å². The van der Waals surface area contributed by atoms with Gasteiger partial charge in [-0.3, -0.25) is 0 Å². The van der Waals surface area contributed by atoms with Crippen LogP contribution in [0.2, 0.25) is 0 Å². The number of hydrogen-bond donors (Lipinski definition) is 2. The van der Waals surface area contributed by atoms with Crippen molar-refractivity contribution in [3.05, 3.63) is 71.4 Å². The lowest BCUT2D eigenvalue weighted by molar-refractivity contribution is -0.137. The molecule has 0 atom stereocenters. The van der Waals surface area contributed by atoms with E-state index >= 15 is 0 Å². The van der Waals surface area contributed by atoms with Crippen LogP contribution in [0.15, 0.2) is 54.7 Å². The van der Waals surface area contributed by atoms with Crippen LogP contribution < -0.4 is 10.6 Å². The molecule has 4 nitrogen and oxygen atoms in total. The van der Waals surface area contributed by atoms with Crippen LogP contribution in [0.4, 0.5) is 36.3 Å². The van der Waals surface area contributed by atoms with E-state index in [1.54, 1.807) is 12.1 Å². The monoisotopic (exact) mass is 456 g/mol. The smallest absolute Gasteiger partial charge is 0.339 e. The van der Waals surface area contributed by atoms with Gasteiger partial charge in [-0.15, -0.1) is 0 Å². The maximum Gasteiger partial charge on any atom is 0.421 e. The van der Waals surface area contributed by atoms with Gasteiger partial charge in [-0.25, -0.2) is 4.98 Å². The average molecular weight is 457 g/mol. The molecule has 0 aliphatic carbocycles. The van der Waals surface area contributed by atoms with Gasteiger partial charge in [0.25, 0.3) is 0 Å². The van der Waals surface area contributed by atoms with Gasteiger partial charge in [0.15, 0.2) is 0 Å². The quantitative estimate of drug-likeness (QED) is 0.337. The first-order chi connectivity index (χ1) is 15.6. The van der Waals surface area contributed by atoms with Crippen LogP contribution in [0.25, 0.3) is 0 Å². The van der Waals surface area contributed by atoms with Gasteiger partial charge >= 0.3 is 6.18 Å². The Balaban J connectivity index is 1.89. The molecule has 0 bridgehead atoms. The molecular weight excluding hydrogens is 425 g/mol. The van der Waals surface area contributed by atoms with Gasteiger partial charge in [-0.1, -0.05) is 70.9 Å². The molecule has 33 heavy (non-hydrogen) atoms. The molecule has 1 heterocycles. The van der Waals surface area contributed by atoms with Gasteiger partial charge in [-0.05, 0) is 47.6 Å². The number of benzene rings is 2. The second-order valence-corrected chi connectivity index (χ2v) is 9.15. The second kappa shape index (κ2) is 10.2. The van der Waals surface area contributed by atoms with Crippen molar-refractivity contribution >= 4 is 23.1 Å². The number of rotatable bonds is 8. The standard InChI is InChI=1S/C26H31F3N4/c1-5-6-7-10-18-11-8-9-12-22(18)32-23-21(26(27,28)29)17-30-24(33-23)31-20-15-13-19(14-16-20)25(2,3)4/h8-9,11-17H,5-7,10H2,1-4H3,(H2,30,31,32,33). The van der Waals surface area contributed by atoms with E-state index in [-0.39, 0.29) is 17.2 Å². The summed E-state index contributed by atoms with van der Waals surface area (Å²) in [6.07, 6.45) is 0.146. The Bertz CT molecular complexity index is 1050. The third kappa shape index (κ3) is 6.70. The highest BCUT2D eigenvalue weighted by Crippen LogP contribution is 2.36. The van der Waals surface area contributed by atoms with E-state index in [1.165, 1.54) is 0 Å². The Kier molecular flexibility index (Phi) is 7.61. The maximum absolute atomic E-state index is 13.7. The summed E-state index contributed by atoms with van der Waals surface area (Å²) in [6, 6.07) is 15.1. The van der Waals surface area contributed by atoms with E-state index in [2.05, 4.69) is 48.3 Å². The van der Waals surface area contributed by atoms with E-state index < -0.39 is 11.7 Å². The van der Waals surface area contributed by atoms with Crippen LogP contribution in [-0.2, 0) is 18.0 Å². The summed E-state index contributed by atoms with van der Waals surface area (Å²) in [5, 5.41) is 5.93. The molecule has 176 valence electrons. The Morgan fingerprint density at radius 1 is 0.879 bits per heavy atom. The van der Waals surface area contributed by atoms with Crippen LogP contribution in [0, 0.1) is 0 Å². The molecule has 0 amide bonds. The van der Waals surface area contributed by atoms with Gasteiger partial charge < -0.3 is 10.6 Å². The third-order valence-electron chi connectivity index (χ3n) is 5.42. The Hall–Kier alpha value is -3.09. The first-order valence-electron chi connectivity index (χ1n) is 11.2. The number of aromatic nitrogens is 2. The molecule has 0 aliphatic rings. The summed E-state index contributed by atoms with van der Waals surface area (Å²) in [5.41, 5.74) is 2.55. The van der Waals surface area contributed by atoms with Crippen molar-refractivity contribution < 1.29 is 13.2 Å². The van der Waals surface area contributed by atoms with Crippen LogP contribution in [0.1, 0.15) is 63.6 Å². The fourth-order valence-corrected chi connectivity index (χ4v) is 3.48. The molecule has 0 radical (unpaired) electrons. The zero-order valence-electron chi connectivity index (χ0n) is 19.6. The first kappa shape index (κ1) is 24.6. The summed E-state index contributed by atoms with van der Waals surface area (Å²) in [6.45, 7) is 8.47. The lowest BCUT2D eigenvalue weighted by Gasteiger charge is -2.19. The number of hydrogen-bond acceptors (Lipinski definition) is 4. The number of halogens is 3. The Labute approximate surface area is 193 Å². The Morgan fingerprint density at radius 3 is 2.21 bits per heavy atom. The topological polar surface area (TPSA) is 49.8 Å². The predicted molar refractivity (Wildman–Crippen MR) is 128 cm³/mol. The van der Waals surface area contributed by atoms with E-state index in [1.807, 2.05) is 36.4 Å². The summed E-state index contributed by atoms with van der Waals surface area (Å²) in [7, 11) is 0. The molecule has 1 aromatic heterocycles. The molecule has 0 fully saturated rings. The molecule has 0 saturated heterocycles. The van der Waals surface area contributed by atoms with Gasteiger partial charge in [0.05, 0.1) is 0 Å². The minimum absolute atomic E-state index is 0.00496. The number of para-hydroxylation sites is 1. The lowest BCUT2D eigenvalue weighted by atomic mass is 9.87. The number of alkyl halides is 3. The van der Waals surface area contributed by atoms with Crippen molar-refractivity contribution in [2.75, 3.05) is 10.6 Å². The van der Waals surface area contributed by atoms with E-state index in [9.17, 15) is 13.2 Å². The number of anilines is 4. The predicted octanol–water partition coefficient (Wildman–Crippen LogP) is 8.01. The molecule has 0 unspecified atom stereocenters. The zero-order chi connectivity index (χ0) is 24.1. The molecule has 0 aliphatic heterocycles. The van der Waals surface area contributed by atoms with Crippen molar-refractivity contribution in [3.63, 3.8) is 0 Å². The van der Waals surface area contributed by atoms with Crippen LogP contribution in [-0.4, -0.2) is 9.97 Å². The van der Waals surface area contributed by atoms with Crippen molar-refractivity contribution in [2.24, 2.45) is 0 Å². The number of unbranched alkanes of at least 4 members (excludes halogenated alkanes) is 2. The SMILES string of the molecule is CCCCCc1ccccc1Nc1nc(Nc2ccc(C(C)(C)C)cc2)ncc1C(F)(F)F. The normalized spacial score (nSPS) is 12.0. The van der Waals surface area contributed by atoms with Gasteiger partial charge in [-0.2, -0.15) is 18.2 Å². The van der Waals surface area contributed by atoms with Crippen LogP contribution >= 0.6 is 0 Å². The van der Waals surface area contributed by atoms with Crippen molar-refractivity contribution in [3.8, 4) is 0 Å². The van der Waals surface area contributed by atoms with Crippen molar-refractivity contribution in [2.45, 2.75) is 65.0 Å². The second-order valence-electron chi connectivity index (χ2n) is 9.15. The third-order valence-corrected chi connectivity index (χ3v) is 5.42.